The molecule has 0 radical (unpaired) electrons. The third-order valence-corrected chi connectivity index (χ3v) is 5.51. The van der Waals surface area contributed by atoms with E-state index in [0.29, 0.717) is 6.92 Å². The SMILES string of the molecule is CC(=O)N(C1=NC(C(F)(F)F)(C(F)(F)F)/C(=C(\F)C(F)(F)F)S1)c1c([N+](=O)[O-])cc(C#N)cc1[N+](=O)[O-]. The molecule has 0 aliphatic carbocycles. The highest BCUT2D eigenvalue weighted by atomic mass is 32.2. The van der Waals surface area contributed by atoms with Crippen LogP contribution in [0.1, 0.15) is 12.5 Å². The van der Waals surface area contributed by atoms with E-state index in [2.05, 4.69) is 4.99 Å². The monoisotopic (exact) mass is 569 g/mol. The van der Waals surface area contributed by atoms with Crippen LogP contribution < -0.4 is 4.90 Å². The predicted octanol–water partition coefficient (Wildman–Crippen LogP) is 5.44. The zero-order chi connectivity index (χ0) is 28.9. The molecular formula is C16H5F10N5O5S. The van der Waals surface area contributed by atoms with E-state index < -0.39 is 95.0 Å². The molecule has 37 heavy (non-hydrogen) atoms. The number of halogens is 10. The van der Waals surface area contributed by atoms with Crippen molar-refractivity contribution in [1.82, 2.24) is 0 Å². The van der Waals surface area contributed by atoms with Gasteiger partial charge in [0.25, 0.3) is 5.54 Å². The van der Waals surface area contributed by atoms with Crippen LogP contribution in [0.25, 0.3) is 0 Å². The van der Waals surface area contributed by atoms with Crippen molar-refractivity contribution < 1.29 is 58.5 Å². The van der Waals surface area contributed by atoms with Gasteiger partial charge in [-0.25, -0.2) is 14.3 Å². The van der Waals surface area contributed by atoms with Crippen LogP contribution in [0.3, 0.4) is 0 Å². The van der Waals surface area contributed by atoms with Gasteiger partial charge in [-0.15, -0.1) is 0 Å². The van der Waals surface area contributed by atoms with Crippen molar-refractivity contribution in [2.75, 3.05) is 4.90 Å². The number of nitro benzene ring substituents is 2. The van der Waals surface area contributed by atoms with Gasteiger partial charge in [-0.05, 0) is 11.8 Å². The lowest BCUT2D eigenvalue weighted by atomic mass is 9.97. The fraction of sp³-hybridized carbons (Fsp3) is 0.312. The Morgan fingerprint density at radius 2 is 1.46 bits per heavy atom. The first-order valence-corrected chi connectivity index (χ1v) is 9.49. The second-order valence-electron chi connectivity index (χ2n) is 6.69. The van der Waals surface area contributed by atoms with E-state index >= 15 is 0 Å². The van der Waals surface area contributed by atoms with Crippen LogP contribution in [-0.2, 0) is 4.79 Å². The number of hydrogen-bond acceptors (Lipinski definition) is 8. The van der Waals surface area contributed by atoms with Gasteiger partial charge in [-0.3, -0.25) is 25.0 Å². The average Bonchev–Trinajstić information content (AvgIpc) is 3.13. The van der Waals surface area contributed by atoms with E-state index in [1.165, 1.54) is 6.07 Å². The molecule has 0 aromatic heterocycles. The van der Waals surface area contributed by atoms with Gasteiger partial charge in [-0.2, -0.15) is 44.8 Å². The molecule has 0 saturated heterocycles. The lowest BCUT2D eigenvalue weighted by molar-refractivity contribution is -0.392. The number of nitrogens with zero attached hydrogens (tertiary/aromatic N) is 5. The Balaban J connectivity index is 3.12. The van der Waals surface area contributed by atoms with Gasteiger partial charge in [0.05, 0.1) is 26.4 Å². The summed E-state index contributed by atoms with van der Waals surface area (Å²) < 4.78 is 135. The summed E-state index contributed by atoms with van der Waals surface area (Å²) >= 11 is -1.32. The summed E-state index contributed by atoms with van der Waals surface area (Å²) in [5.74, 6) is -5.72. The fourth-order valence-electron chi connectivity index (χ4n) is 2.92. The summed E-state index contributed by atoms with van der Waals surface area (Å²) in [6, 6.07) is 1.73. The number of nitriles is 1. The summed E-state index contributed by atoms with van der Waals surface area (Å²) in [7, 11) is 0. The quantitative estimate of drug-likeness (QED) is 0.268. The zero-order valence-electron chi connectivity index (χ0n) is 17.1. The molecule has 21 heteroatoms. The highest BCUT2D eigenvalue weighted by molar-refractivity contribution is 8.18. The molecule has 1 aliphatic rings. The van der Waals surface area contributed by atoms with Crippen molar-refractivity contribution in [3.05, 3.63) is 48.7 Å². The number of amidine groups is 1. The summed E-state index contributed by atoms with van der Waals surface area (Å²) in [5, 5.41) is 29.8. The molecule has 0 atom stereocenters. The average molecular weight is 569 g/mol. The van der Waals surface area contributed by atoms with Crippen LogP contribution in [0.2, 0.25) is 0 Å². The Kier molecular flexibility index (Phi) is 7.25. The maximum absolute atomic E-state index is 14.0. The Bertz CT molecular complexity index is 1250. The van der Waals surface area contributed by atoms with Crippen molar-refractivity contribution in [1.29, 1.82) is 5.26 Å². The number of allylic oxidation sites excluding steroid dienone is 1. The van der Waals surface area contributed by atoms with Gasteiger partial charge in [-0.1, -0.05) is 0 Å². The number of thioether (sulfide) groups is 1. The molecule has 0 fully saturated rings. The van der Waals surface area contributed by atoms with Gasteiger partial charge in [0, 0.05) is 19.1 Å². The van der Waals surface area contributed by atoms with Gasteiger partial charge >= 0.3 is 29.9 Å². The fourth-order valence-corrected chi connectivity index (χ4v) is 4.23. The van der Waals surface area contributed by atoms with E-state index in [1.807, 2.05) is 0 Å². The molecule has 1 amide bonds. The van der Waals surface area contributed by atoms with Crippen molar-refractivity contribution in [3.63, 3.8) is 0 Å². The number of amides is 1. The number of aliphatic imine (C=N–C) groups is 1. The first-order chi connectivity index (χ1) is 16.6. The number of anilines is 1. The van der Waals surface area contributed by atoms with E-state index in [9.17, 15) is 68.9 Å². The molecule has 1 aliphatic heterocycles. The number of carbonyl (C=O) groups is 1. The van der Waals surface area contributed by atoms with Crippen molar-refractivity contribution in [2.45, 2.75) is 31.0 Å². The molecule has 0 spiro atoms. The smallest absolute Gasteiger partial charge is 0.274 e. The van der Waals surface area contributed by atoms with Crippen LogP contribution in [-0.4, -0.2) is 45.0 Å². The second kappa shape index (κ2) is 9.16. The number of nitro groups is 2. The summed E-state index contributed by atoms with van der Waals surface area (Å²) in [6.07, 6.45) is -20.1. The van der Waals surface area contributed by atoms with E-state index in [4.69, 9.17) is 5.26 Å². The molecular weight excluding hydrogens is 564 g/mol. The molecule has 0 unspecified atom stereocenters. The van der Waals surface area contributed by atoms with Crippen LogP contribution in [0.4, 0.5) is 61.0 Å². The molecule has 1 aromatic carbocycles. The second-order valence-corrected chi connectivity index (χ2v) is 7.66. The van der Waals surface area contributed by atoms with Crippen molar-refractivity contribution >= 4 is 39.9 Å². The Morgan fingerprint density at radius 1 is 1.03 bits per heavy atom. The van der Waals surface area contributed by atoms with Crippen LogP contribution >= 0.6 is 11.8 Å². The molecule has 1 heterocycles. The summed E-state index contributed by atoms with van der Waals surface area (Å²) in [4.78, 5) is 30.6. The maximum atomic E-state index is 14.0. The minimum atomic E-state index is -6.83. The number of rotatable bonds is 3. The third-order valence-electron chi connectivity index (χ3n) is 4.38. The maximum Gasteiger partial charge on any atom is 0.443 e. The van der Waals surface area contributed by atoms with E-state index in [-0.39, 0.29) is 12.1 Å². The summed E-state index contributed by atoms with van der Waals surface area (Å²) in [5.41, 5.74) is -11.6. The lowest BCUT2D eigenvalue weighted by Gasteiger charge is -2.31. The van der Waals surface area contributed by atoms with Gasteiger partial charge in [0.15, 0.2) is 5.17 Å². The predicted molar refractivity (Wildman–Crippen MR) is 102 cm³/mol. The van der Waals surface area contributed by atoms with Crippen LogP contribution in [0, 0.1) is 31.6 Å². The molecule has 0 N–H and O–H groups in total. The molecule has 0 bridgehead atoms. The highest BCUT2D eigenvalue weighted by Crippen LogP contribution is 2.60. The van der Waals surface area contributed by atoms with Gasteiger partial charge in [0.1, 0.15) is 0 Å². The van der Waals surface area contributed by atoms with Gasteiger partial charge in [0.2, 0.25) is 17.4 Å². The largest absolute Gasteiger partial charge is 0.443 e. The number of carbonyl (C=O) groups excluding carboxylic acids is 1. The Morgan fingerprint density at radius 3 is 1.76 bits per heavy atom. The van der Waals surface area contributed by atoms with Gasteiger partial charge < -0.3 is 0 Å². The number of alkyl halides is 9. The minimum Gasteiger partial charge on any atom is -0.274 e. The first-order valence-electron chi connectivity index (χ1n) is 8.68. The third kappa shape index (κ3) is 4.87. The minimum absolute atomic E-state index is 0.242. The lowest BCUT2D eigenvalue weighted by Crippen LogP contribution is -2.55. The number of benzene rings is 1. The van der Waals surface area contributed by atoms with Crippen LogP contribution in [0.15, 0.2) is 27.9 Å². The van der Waals surface area contributed by atoms with Crippen molar-refractivity contribution in [2.24, 2.45) is 4.99 Å². The van der Waals surface area contributed by atoms with E-state index in [1.54, 1.807) is 0 Å². The topological polar surface area (TPSA) is 143 Å². The Hall–Kier alpha value is -3.96. The highest BCUT2D eigenvalue weighted by Gasteiger charge is 2.78. The zero-order valence-corrected chi connectivity index (χ0v) is 17.9. The normalized spacial score (nSPS) is 17.1. The van der Waals surface area contributed by atoms with Crippen LogP contribution in [0.5, 0.6) is 0 Å². The Labute approximate surface area is 200 Å². The molecule has 0 saturated carbocycles. The van der Waals surface area contributed by atoms with E-state index in [0.717, 1.165) is 0 Å². The standard InChI is InChI=1S/C16H5F10N5O5S/c1-5(32)29(9-7(30(33)34)2-6(4-27)3-8(9)31(35)36)12-28-13(15(21,22)23,16(24,25)26)11(37-12)10(17)14(18,19)20/h2-3H,1H3/b11-10+. The number of hydrogen-bond donors (Lipinski definition) is 0. The first kappa shape index (κ1) is 29.3. The molecule has 200 valence electrons. The molecule has 1 aromatic rings. The molecule has 10 nitrogen and oxygen atoms in total. The summed E-state index contributed by atoms with van der Waals surface area (Å²) in [6.45, 7) is 0.305. The molecule has 2 rings (SSSR count). The van der Waals surface area contributed by atoms with Crippen molar-refractivity contribution in [3.8, 4) is 6.07 Å².